The van der Waals surface area contributed by atoms with Crippen LogP contribution in [-0.4, -0.2) is 61.2 Å². The molecule has 194 valence electrons. The monoisotopic (exact) mass is 538 g/mol. The first-order valence-electron chi connectivity index (χ1n) is 12.8. The van der Waals surface area contributed by atoms with Gasteiger partial charge in [-0.05, 0) is 77.7 Å². The number of nitrogens with zero attached hydrogens (tertiary/aromatic N) is 6. The third-order valence-electron chi connectivity index (χ3n) is 7.14. The topological polar surface area (TPSA) is 78.2 Å². The van der Waals surface area contributed by atoms with Crippen LogP contribution in [0.5, 0.6) is 11.6 Å². The maximum Gasteiger partial charge on any atom is 0.245 e. The van der Waals surface area contributed by atoms with Gasteiger partial charge in [-0.1, -0.05) is 11.6 Å². The van der Waals surface area contributed by atoms with E-state index in [1.807, 2.05) is 24.4 Å². The molecule has 10 heteroatoms. The molecule has 2 fully saturated rings. The Hall–Kier alpha value is -2.75. The summed E-state index contributed by atoms with van der Waals surface area (Å²) in [6.45, 7) is 6.84. The lowest BCUT2D eigenvalue weighted by Gasteiger charge is -2.18. The molecule has 3 aromatic heterocycles. The van der Waals surface area contributed by atoms with E-state index < -0.39 is 0 Å². The van der Waals surface area contributed by atoms with Gasteiger partial charge in [-0.2, -0.15) is 4.98 Å². The Labute approximate surface area is 225 Å². The number of aryl methyl sites for hydroxylation is 1. The molecule has 0 radical (unpaired) electrons. The second kappa shape index (κ2) is 9.85. The molecule has 4 aromatic rings. The molecule has 1 atom stereocenters. The molecule has 1 unspecified atom stereocenters. The van der Waals surface area contributed by atoms with E-state index in [1.54, 1.807) is 17.7 Å². The number of thiazole rings is 1. The van der Waals surface area contributed by atoms with Crippen molar-refractivity contribution in [3.63, 3.8) is 0 Å². The minimum Gasteiger partial charge on any atom is -0.490 e. The number of fused-ring (bicyclic) bond motifs is 1. The Bertz CT molecular complexity index is 1430. The summed E-state index contributed by atoms with van der Waals surface area (Å²) in [5.74, 6) is 2.00. The highest BCUT2D eigenvalue weighted by molar-refractivity contribution is 7.11. The molecule has 0 spiro atoms. The molecule has 1 saturated heterocycles. The summed E-state index contributed by atoms with van der Waals surface area (Å²) in [6.07, 6.45) is 8.85. The predicted octanol–water partition coefficient (Wildman–Crippen LogP) is 5.75. The van der Waals surface area contributed by atoms with E-state index in [2.05, 4.69) is 45.3 Å². The van der Waals surface area contributed by atoms with Crippen LogP contribution >= 0.6 is 22.9 Å². The van der Waals surface area contributed by atoms with E-state index in [4.69, 9.17) is 26.1 Å². The van der Waals surface area contributed by atoms with Gasteiger partial charge < -0.3 is 18.9 Å². The van der Waals surface area contributed by atoms with Gasteiger partial charge in [-0.25, -0.2) is 15.0 Å². The lowest BCUT2D eigenvalue weighted by molar-refractivity contribution is 0.183. The van der Waals surface area contributed by atoms with Crippen molar-refractivity contribution in [1.29, 1.82) is 0 Å². The first-order chi connectivity index (χ1) is 17.9. The van der Waals surface area contributed by atoms with Gasteiger partial charge in [-0.15, -0.1) is 11.3 Å². The maximum atomic E-state index is 6.88. The van der Waals surface area contributed by atoms with Crippen molar-refractivity contribution in [1.82, 2.24) is 29.4 Å². The molecule has 6 rings (SSSR count). The van der Waals surface area contributed by atoms with Gasteiger partial charge in [0, 0.05) is 23.2 Å². The third-order valence-corrected chi connectivity index (χ3v) is 8.35. The molecule has 1 aliphatic heterocycles. The normalized spacial score (nSPS) is 19.6. The maximum absolute atomic E-state index is 6.88. The summed E-state index contributed by atoms with van der Waals surface area (Å²) in [5, 5.41) is 1.56. The summed E-state index contributed by atoms with van der Waals surface area (Å²) in [4.78, 5) is 22.1. The zero-order valence-corrected chi connectivity index (χ0v) is 23.0. The van der Waals surface area contributed by atoms with E-state index >= 15 is 0 Å². The fourth-order valence-electron chi connectivity index (χ4n) is 4.74. The summed E-state index contributed by atoms with van der Waals surface area (Å²) in [6, 6.07) is 5.87. The Morgan fingerprint density at radius 3 is 2.78 bits per heavy atom. The van der Waals surface area contributed by atoms with Crippen LogP contribution < -0.4 is 9.47 Å². The summed E-state index contributed by atoms with van der Waals surface area (Å²) < 4.78 is 14.6. The Kier molecular flexibility index (Phi) is 6.54. The fraction of sp³-hybridized carbons (Fsp3) is 0.481. The lowest BCUT2D eigenvalue weighted by Crippen LogP contribution is -2.21. The first kappa shape index (κ1) is 24.6. The van der Waals surface area contributed by atoms with Gasteiger partial charge >= 0.3 is 0 Å². The smallest absolute Gasteiger partial charge is 0.245 e. The quantitative estimate of drug-likeness (QED) is 0.296. The van der Waals surface area contributed by atoms with Crippen molar-refractivity contribution in [3.8, 4) is 23.0 Å². The molecule has 2 aliphatic rings. The molecule has 1 saturated carbocycles. The van der Waals surface area contributed by atoms with Gasteiger partial charge in [0.15, 0.2) is 11.2 Å². The Morgan fingerprint density at radius 1 is 1.16 bits per heavy atom. The molecule has 4 heterocycles. The predicted molar refractivity (Wildman–Crippen MR) is 146 cm³/mol. The third kappa shape index (κ3) is 5.30. The van der Waals surface area contributed by atoms with Crippen LogP contribution in [0.1, 0.15) is 48.9 Å². The molecule has 8 nitrogen and oxygen atoms in total. The van der Waals surface area contributed by atoms with Crippen LogP contribution in [-0.2, 0) is 6.54 Å². The zero-order chi connectivity index (χ0) is 25.6. The van der Waals surface area contributed by atoms with Crippen molar-refractivity contribution in [2.45, 2.75) is 64.2 Å². The number of hydrogen-bond donors (Lipinski definition) is 0. The molecule has 0 N–H and O–H groups in total. The number of rotatable bonds is 7. The second-order valence-electron chi connectivity index (χ2n) is 10.4. The zero-order valence-electron chi connectivity index (χ0n) is 21.4. The minimum absolute atomic E-state index is 0.179. The number of halogens is 1. The average Bonchev–Trinajstić information content (AvgIpc) is 3.36. The SMILES string of the molecule is Cc1cnc(Cn2c(-c3ccc(OC4CCCN(C)CC4)cc3Cl)nc3c(OC4(C)CC4)ncnc32)s1. The van der Waals surface area contributed by atoms with E-state index in [0.29, 0.717) is 34.4 Å². The highest BCUT2D eigenvalue weighted by Crippen LogP contribution is 2.41. The van der Waals surface area contributed by atoms with Gasteiger partial charge in [0.25, 0.3) is 0 Å². The fourth-order valence-corrected chi connectivity index (χ4v) is 5.77. The number of benzene rings is 1. The second-order valence-corrected chi connectivity index (χ2v) is 12.1. The van der Waals surface area contributed by atoms with Crippen LogP contribution in [0.2, 0.25) is 5.02 Å². The van der Waals surface area contributed by atoms with Crippen molar-refractivity contribution in [3.05, 3.63) is 45.6 Å². The Morgan fingerprint density at radius 2 is 2.03 bits per heavy atom. The minimum atomic E-state index is -0.179. The van der Waals surface area contributed by atoms with Crippen LogP contribution in [0.3, 0.4) is 0 Å². The van der Waals surface area contributed by atoms with E-state index in [0.717, 1.165) is 66.4 Å². The van der Waals surface area contributed by atoms with Gasteiger partial charge in [0.05, 0.1) is 17.7 Å². The summed E-state index contributed by atoms with van der Waals surface area (Å²) in [5.41, 5.74) is 1.97. The van der Waals surface area contributed by atoms with Crippen LogP contribution in [0.25, 0.3) is 22.6 Å². The summed E-state index contributed by atoms with van der Waals surface area (Å²) in [7, 11) is 2.17. The van der Waals surface area contributed by atoms with E-state index in [1.165, 1.54) is 0 Å². The molecule has 0 amide bonds. The van der Waals surface area contributed by atoms with Crippen LogP contribution in [0.4, 0.5) is 0 Å². The first-order valence-corrected chi connectivity index (χ1v) is 14.0. The molecular formula is C27H31ClN6O2S. The molecule has 0 bridgehead atoms. The van der Waals surface area contributed by atoms with Gasteiger partial charge in [0.2, 0.25) is 5.88 Å². The molecule has 1 aromatic carbocycles. The Balaban J connectivity index is 1.37. The van der Waals surface area contributed by atoms with Crippen molar-refractivity contribution >= 4 is 34.1 Å². The van der Waals surface area contributed by atoms with Gasteiger partial charge in [-0.3, -0.25) is 0 Å². The average molecular weight is 539 g/mol. The van der Waals surface area contributed by atoms with Crippen molar-refractivity contribution in [2.75, 3.05) is 20.1 Å². The van der Waals surface area contributed by atoms with Crippen LogP contribution in [0.15, 0.2) is 30.7 Å². The highest BCUT2D eigenvalue weighted by atomic mass is 35.5. The highest BCUT2D eigenvalue weighted by Gasteiger charge is 2.41. The number of aromatic nitrogens is 5. The number of imidazole rings is 1. The number of ether oxygens (including phenoxy) is 2. The summed E-state index contributed by atoms with van der Waals surface area (Å²) >= 11 is 8.54. The molecular weight excluding hydrogens is 508 g/mol. The van der Waals surface area contributed by atoms with E-state index in [9.17, 15) is 0 Å². The number of likely N-dealkylation sites (tertiary alicyclic amines) is 1. The van der Waals surface area contributed by atoms with E-state index in [-0.39, 0.29) is 11.7 Å². The molecule has 37 heavy (non-hydrogen) atoms. The number of hydrogen-bond acceptors (Lipinski definition) is 8. The van der Waals surface area contributed by atoms with Gasteiger partial charge in [0.1, 0.15) is 28.5 Å². The van der Waals surface area contributed by atoms with Crippen molar-refractivity contribution in [2.24, 2.45) is 0 Å². The van der Waals surface area contributed by atoms with Crippen molar-refractivity contribution < 1.29 is 9.47 Å². The molecule has 1 aliphatic carbocycles. The lowest BCUT2D eigenvalue weighted by atomic mass is 10.1. The largest absolute Gasteiger partial charge is 0.490 e. The standard InChI is InChI=1S/C27H31ClN6O2S/c1-17-14-29-22(37-17)15-34-24(32-23-25(34)30-16-31-26(23)36-27(2)9-10-27)20-7-6-19(13-21(20)28)35-18-5-4-11-33(3)12-8-18/h6-7,13-14,16,18H,4-5,8-12,15H2,1-3H3. The van der Waals surface area contributed by atoms with Crippen LogP contribution in [0, 0.1) is 6.92 Å².